The lowest BCUT2D eigenvalue weighted by atomic mass is 9.97. The van der Waals surface area contributed by atoms with E-state index in [9.17, 15) is 17.6 Å². The molecular weight excluding hydrogens is 322 g/mol. The van der Waals surface area contributed by atoms with Crippen LogP contribution >= 0.6 is 0 Å². The second-order valence-corrected chi connectivity index (χ2v) is 5.32. The molecule has 24 heavy (non-hydrogen) atoms. The minimum absolute atomic E-state index is 0.103. The van der Waals surface area contributed by atoms with E-state index in [1.807, 2.05) is 6.92 Å². The maximum absolute atomic E-state index is 14.6. The molecule has 0 radical (unpaired) electrons. The molecule has 1 unspecified atom stereocenters. The molecule has 130 valence electrons. The van der Waals surface area contributed by atoms with Gasteiger partial charge in [-0.1, -0.05) is 19.1 Å². The van der Waals surface area contributed by atoms with Crippen LogP contribution < -0.4 is 0 Å². The number of allylic oxidation sites excluding steroid dienone is 1. The van der Waals surface area contributed by atoms with Crippen LogP contribution in [0.2, 0.25) is 0 Å². The standard InChI is InChI=1S/C17H19F4N3/c1-4-7-13-15-12(10-9-11(16(15)18)17(19,20)21)23-14(8-5-2)24(13)22-6-3/h4,6-7,9-10,13H,5,8H2,1-3H3/b7-4+,22-6-. The molecule has 3 nitrogen and oxygen atoms in total. The van der Waals surface area contributed by atoms with Crippen LogP contribution in [0.4, 0.5) is 23.2 Å². The Morgan fingerprint density at radius 3 is 2.54 bits per heavy atom. The molecular formula is C17H19F4N3. The quantitative estimate of drug-likeness (QED) is 0.397. The number of hydrogen-bond acceptors (Lipinski definition) is 3. The van der Waals surface area contributed by atoms with Crippen LogP contribution in [0.25, 0.3) is 0 Å². The molecule has 0 saturated carbocycles. The topological polar surface area (TPSA) is 28.0 Å². The predicted molar refractivity (Wildman–Crippen MR) is 87.0 cm³/mol. The molecule has 0 bridgehead atoms. The van der Waals surface area contributed by atoms with Crippen molar-refractivity contribution in [1.82, 2.24) is 5.01 Å². The maximum atomic E-state index is 14.6. The molecule has 0 spiro atoms. The highest BCUT2D eigenvalue weighted by Gasteiger charge is 2.39. The smallest absolute Gasteiger partial charge is 0.240 e. The molecule has 0 aliphatic carbocycles. The van der Waals surface area contributed by atoms with Crippen molar-refractivity contribution in [2.24, 2.45) is 10.1 Å². The van der Waals surface area contributed by atoms with E-state index < -0.39 is 23.6 Å². The van der Waals surface area contributed by atoms with Crippen LogP contribution in [0.1, 0.15) is 50.8 Å². The van der Waals surface area contributed by atoms with Crippen LogP contribution in [0.3, 0.4) is 0 Å². The molecule has 7 heteroatoms. The largest absolute Gasteiger partial charge is 0.419 e. The van der Waals surface area contributed by atoms with Crippen molar-refractivity contribution in [2.75, 3.05) is 0 Å². The number of amidine groups is 1. The number of nitrogens with zero attached hydrogens (tertiary/aromatic N) is 3. The van der Waals surface area contributed by atoms with Gasteiger partial charge in [0.05, 0.1) is 11.3 Å². The summed E-state index contributed by atoms with van der Waals surface area (Å²) in [4.78, 5) is 4.34. The van der Waals surface area contributed by atoms with Crippen molar-refractivity contribution >= 4 is 17.7 Å². The molecule has 0 amide bonds. The number of alkyl halides is 3. The van der Waals surface area contributed by atoms with Crippen molar-refractivity contribution in [3.63, 3.8) is 0 Å². The summed E-state index contributed by atoms with van der Waals surface area (Å²) in [6.45, 7) is 5.38. The van der Waals surface area contributed by atoms with Gasteiger partial charge in [0.25, 0.3) is 0 Å². The van der Waals surface area contributed by atoms with Gasteiger partial charge in [0.2, 0.25) is 0 Å². The van der Waals surface area contributed by atoms with Crippen LogP contribution in [0.5, 0.6) is 0 Å². The number of hydrazone groups is 1. The van der Waals surface area contributed by atoms with E-state index in [0.29, 0.717) is 12.3 Å². The van der Waals surface area contributed by atoms with Crippen LogP contribution in [0.15, 0.2) is 34.4 Å². The van der Waals surface area contributed by atoms with E-state index in [1.54, 1.807) is 26.0 Å². The Hall–Kier alpha value is -2.18. The van der Waals surface area contributed by atoms with Gasteiger partial charge < -0.3 is 0 Å². The van der Waals surface area contributed by atoms with Crippen LogP contribution in [-0.2, 0) is 6.18 Å². The summed E-state index contributed by atoms with van der Waals surface area (Å²) in [6.07, 6.45) is 1.42. The molecule has 1 atom stereocenters. The zero-order valence-corrected chi connectivity index (χ0v) is 13.7. The lowest BCUT2D eigenvalue weighted by Gasteiger charge is -2.33. The highest BCUT2D eigenvalue weighted by molar-refractivity contribution is 5.88. The van der Waals surface area contributed by atoms with Crippen molar-refractivity contribution < 1.29 is 17.6 Å². The van der Waals surface area contributed by atoms with Gasteiger partial charge in [0.15, 0.2) is 0 Å². The van der Waals surface area contributed by atoms with E-state index in [4.69, 9.17) is 0 Å². The number of hydrogen-bond donors (Lipinski definition) is 0. The fourth-order valence-corrected chi connectivity index (χ4v) is 2.67. The fraction of sp³-hybridized carbons (Fsp3) is 0.412. The highest BCUT2D eigenvalue weighted by atomic mass is 19.4. The van der Waals surface area contributed by atoms with Crippen molar-refractivity contribution in [3.8, 4) is 0 Å². The first-order valence-electron chi connectivity index (χ1n) is 7.72. The second kappa shape index (κ2) is 7.15. The number of aliphatic imine (C=N–C) groups is 1. The zero-order valence-electron chi connectivity index (χ0n) is 13.7. The molecule has 0 saturated heterocycles. The Labute approximate surface area is 138 Å². The van der Waals surface area contributed by atoms with E-state index in [2.05, 4.69) is 10.1 Å². The Morgan fingerprint density at radius 2 is 2.00 bits per heavy atom. The number of halogens is 4. The second-order valence-electron chi connectivity index (χ2n) is 5.32. The third-order valence-electron chi connectivity index (χ3n) is 3.62. The number of benzene rings is 1. The normalized spacial score (nSPS) is 18.4. The Kier molecular flexibility index (Phi) is 5.41. The summed E-state index contributed by atoms with van der Waals surface area (Å²) in [7, 11) is 0. The van der Waals surface area contributed by atoms with Gasteiger partial charge in [-0.3, -0.25) is 0 Å². The van der Waals surface area contributed by atoms with Crippen molar-refractivity contribution in [3.05, 3.63) is 41.2 Å². The summed E-state index contributed by atoms with van der Waals surface area (Å²) in [5.41, 5.74) is -1.17. The maximum Gasteiger partial charge on any atom is 0.419 e. The Morgan fingerprint density at radius 1 is 1.29 bits per heavy atom. The summed E-state index contributed by atoms with van der Waals surface area (Å²) in [5.74, 6) is -0.691. The molecule has 1 aromatic carbocycles. The van der Waals surface area contributed by atoms with Gasteiger partial charge >= 0.3 is 6.18 Å². The van der Waals surface area contributed by atoms with E-state index in [0.717, 1.165) is 12.5 Å². The Bertz CT molecular complexity index is 690. The molecule has 1 aromatic rings. The first-order valence-corrected chi connectivity index (χ1v) is 7.72. The van der Waals surface area contributed by atoms with Crippen LogP contribution in [0, 0.1) is 5.82 Å². The lowest BCUT2D eigenvalue weighted by Crippen LogP contribution is -2.33. The minimum Gasteiger partial charge on any atom is -0.240 e. The zero-order chi connectivity index (χ0) is 17.9. The van der Waals surface area contributed by atoms with Gasteiger partial charge in [-0.05, 0) is 32.4 Å². The van der Waals surface area contributed by atoms with Gasteiger partial charge in [-0.2, -0.15) is 18.3 Å². The third-order valence-corrected chi connectivity index (χ3v) is 3.62. The summed E-state index contributed by atoms with van der Waals surface area (Å²) in [6, 6.07) is 1.20. The third kappa shape index (κ3) is 3.34. The SMILES string of the molecule is C/C=N\N1C(CCC)=Nc2ccc(C(F)(F)F)c(F)c2C1/C=C/C. The Balaban J connectivity index is 2.72. The van der Waals surface area contributed by atoms with Crippen LogP contribution in [-0.4, -0.2) is 17.1 Å². The van der Waals surface area contributed by atoms with E-state index in [-0.39, 0.29) is 11.3 Å². The monoisotopic (exact) mass is 341 g/mol. The molecule has 1 aliphatic rings. The van der Waals surface area contributed by atoms with Gasteiger partial charge in [-0.15, -0.1) is 0 Å². The molecule has 2 rings (SSSR count). The molecule has 0 aromatic heterocycles. The van der Waals surface area contributed by atoms with Gasteiger partial charge in [-0.25, -0.2) is 14.4 Å². The van der Waals surface area contributed by atoms with Crippen molar-refractivity contribution in [1.29, 1.82) is 0 Å². The molecule has 0 fully saturated rings. The molecule has 0 N–H and O–H groups in total. The first kappa shape index (κ1) is 18.2. The average Bonchev–Trinajstić information content (AvgIpc) is 2.49. The van der Waals surface area contributed by atoms with Gasteiger partial charge in [0.1, 0.15) is 17.7 Å². The predicted octanol–water partition coefficient (Wildman–Crippen LogP) is 5.61. The van der Waals surface area contributed by atoms with Gasteiger partial charge in [0, 0.05) is 18.2 Å². The minimum atomic E-state index is -4.76. The summed E-state index contributed by atoms with van der Waals surface area (Å²) in [5, 5.41) is 5.68. The lowest BCUT2D eigenvalue weighted by molar-refractivity contribution is -0.140. The average molecular weight is 341 g/mol. The molecule has 1 aliphatic heterocycles. The summed E-state index contributed by atoms with van der Waals surface area (Å²) < 4.78 is 53.8. The van der Waals surface area contributed by atoms with Crippen molar-refractivity contribution in [2.45, 2.75) is 45.8 Å². The summed E-state index contributed by atoms with van der Waals surface area (Å²) >= 11 is 0. The van der Waals surface area contributed by atoms with E-state index >= 15 is 0 Å². The van der Waals surface area contributed by atoms with E-state index in [1.165, 1.54) is 17.3 Å². The fourth-order valence-electron chi connectivity index (χ4n) is 2.67. The number of fused-ring (bicyclic) bond motifs is 1. The number of rotatable bonds is 4. The first-order chi connectivity index (χ1) is 11.3. The highest BCUT2D eigenvalue weighted by Crippen LogP contribution is 2.43. The molecule has 1 heterocycles.